The van der Waals surface area contributed by atoms with Crippen LogP contribution in [0, 0.1) is 5.92 Å². The predicted octanol–water partition coefficient (Wildman–Crippen LogP) is 2.37. The molecule has 0 aromatic heterocycles. The first-order valence-corrected chi connectivity index (χ1v) is 5.71. The van der Waals surface area contributed by atoms with Crippen molar-refractivity contribution in [3.8, 4) is 5.75 Å². The van der Waals surface area contributed by atoms with E-state index in [0.717, 1.165) is 24.7 Å². The van der Waals surface area contributed by atoms with E-state index in [-0.39, 0.29) is 6.04 Å². The Morgan fingerprint density at radius 2 is 2.27 bits per heavy atom. The van der Waals surface area contributed by atoms with E-state index in [9.17, 15) is 0 Å². The minimum Gasteiger partial charge on any atom is -0.493 e. The Hall–Kier alpha value is -1.02. The van der Waals surface area contributed by atoms with Gasteiger partial charge in [-0.05, 0) is 49.8 Å². The Balaban J connectivity index is 1.91. The van der Waals surface area contributed by atoms with Crippen LogP contribution < -0.4 is 10.5 Å². The fourth-order valence-electron chi connectivity index (χ4n) is 1.63. The van der Waals surface area contributed by atoms with Crippen LogP contribution in [0.15, 0.2) is 24.3 Å². The minimum atomic E-state index is 0.212. The molecule has 2 N–H and O–H groups in total. The number of nitrogens with two attached hydrogens (primary N) is 1. The first kappa shape index (κ1) is 10.5. The average molecular weight is 205 g/mol. The summed E-state index contributed by atoms with van der Waals surface area (Å²) < 4.78 is 5.71. The third-order valence-corrected chi connectivity index (χ3v) is 2.64. The first-order chi connectivity index (χ1) is 7.24. The zero-order chi connectivity index (χ0) is 10.7. The van der Waals surface area contributed by atoms with E-state index >= 15 is 0 Å². The van der Waals surface area contributed by atoms with Crippen LogP contribution in [0.4, 0.5) is 0 Å². The van der Waals surface area contributed by atoms with E-state index in [1.807, 2.05) is 19.1 Å². The molecule has 0 heterocycles. The van der Waals surface area contributed by atoms with Crippen LogP contribution in [-0.2, 0) is 6.42 Å². The maximum Gasteiger partial charge on any atom is 0.119 e. The van der Waals surface area contributed by atoms with Crippen LogP contribution in [-0.4, -0.2) is 12.6 Å². The maximum absolute atomic E-state index is 5.77. The van der Waals surface area contributed by atoms with Gasteiger partial charge < -0.3 is 10.5 Å². The molecule has 0 radical (unpaired) electrons. The van der Waals surface area contributed by atoms with Crippen molar-refractivity contribution in [2.24, 2.45) is 11.7 Å². The molecule has 1 aromatic carbocycles. The van der Waals surface area contributed by atoms with E-state index in [2.05, 4.69) is 12.1 Å². The molecule has 0 amide bonds. The monoisotopic (exact) mass is 205 g/mol. The van der Waals surface area contributed by atoms with Gasteiger partial charge in [-0.3, -0.25) is 0 Å². The standard InChI is InChI=1S/C13H19NO/c1-10(14)7-12-3-2-4-13(8-12)15-9-11-5-6-11/h2-4,8,10-11H,5-7,9,14H2,1H3/t10-/m0/s1. The Labute approximate surface area is 91.4 Å². The number of ether oxygens (including phenoxy) is 1. The molecule has 1 fully saturated rings. The molecule has 82 valence electrons. The molecule has 2 heteroatoms. The molecule has 2 nitrogen and oxygen atoms in total. The SMILES string of the molecule is C[C@H](N)Cc1cccc(OCC2CC2)c1. The lowest BCUT2D eigenvalue weighted by atomic mass is 10.1. The van der Waals surface area contributed by atoms with Gasteiger partial charge in [0.2, 0.25) is 0 Å². The van der Waals surface area contributed by atoms with Crippen molar-refractivity contribution in [3.63, 3.8) is 0 Å². The summed E-state index contributed by atoms with van der Waals surface area (Å²) in [6.45, 7) is 2.90. The van der Waals surface area contributed by atoms with Crippen molar-refractivity contribution in [1.82, 2.24) is 0 Å². The van der Waals surface area contributed by atoms with Crippen molar-refractivity contribution in [2.75, 3.05) is 6.61 Å². The fraction of sp³-hybridized carbons (Fsp3) is 0.538. The Morgan fingerprint density at radius 3 is 2.93 bits per heavy atom. The second kappa shape index (κ2) is 4.67. The van der Waals surface area contributed by atoms with Gasteiger partial charge >= 0.3 is 0 Å². The van der Waals surface area contributed by atoms with Crippen molar-refractivity contribution in [2.45, 2.75) is 32.2 Å². The second-order valence-electron chi connectivity index (χ2n) is 4.58. The number of hydrogen-bond donors (Lipinski definition) is 1. The summed E-state index contributed by atoms with van der Waals surface area (Å²) in [6, 6.07) is 8.48. The lowest BCUT2D eigenvalue weighted by Crippen LogP contribution is -2.17. The number of hydrogen-bond acceptors (Lipinski definition) is 2. The van der Waals surface area contributed by atoms with E-state index in [1.165, 1.54) is 18.4 Å². The van der Waals surface area contributed by atoms with E-state index in [4.69, 9.17) is 10.5 Å². The lowest BCUT2D eigenvalue weighted by Gasteiger charge is -2.08. The Kier molecular flexibility index (Phi) is 3.27. The molecule has 0 unspecified atom stereocenters. The Bertz CT molecular complexity index is 318. The highest BCUT2D eigenvalue weighted by Gasteiger charge is 2.21. The quantitative estimate of drug-likeness (QED) is 0.801. The van der Waals surface area contributed by atoms with Crippen molar-refractivity contribution in [1.29, 1.82) is 0 Å². The molecular weight excluding hydrogens is 186 g/mol. The highest BCUT2D eigenvalue weighted by Crippen LogP contribution is 2.29. The summed E-state index contributed by atoms with van der Waals surface area (Å²) in [5, 5.41) is 0. The summed E-state index contributed by atoms with van der Waals surface area (Å²) >= 11 is 0. The van der Waals surface area contributed by atoms with E-state index < -0.39 is 0 Å². The fourth-order valence-corrected chi connectivity index (χ4v) is 1.63. The highest BCUT2D eigenvalue weighted by molar-refractivity contribution is 5.29. The summed E-state index contributed by atoms with van der Waals surface area (Å²) in [4.78, 5) is 0. The van der Waals surface area contributed by atoms with Gasteiger partial charge in [0.15, 0.2) is 0 Å². The van der Waals surface area contributed by atoms with Gasteiger partial charge in [-0.15, -0.1) is 0 Å². The number of benzene rings is 1. The molecule has 0 bridgehead atoms. The third kappa shape index (κ3) is 3.56. The van der Waals surface area contributed by atoms with Crippen molar-refractivity contribution in [3.05, 3.63) is 29.8 Å². The topological polar surface area (TPSA) is 35.2 Å². The van der Waals surface area contributed by atoms with Gasteiger partial charge in [0.25, 0.3) is 0 Å². The molecule has 2 rings (SSSR count). The maximum atomic E-state index is 5.77. The van der Waals surface area contributed by atoms with Crippen LogP contribution in [0.5, 0.6) is 5.75 Å². The zero-order valence-corrected chi connectivity index (χ0v) is 9.28. The van der Waals surface area contributed by atoms with E-state index in [1.54, 1.807) is 0 Å². The molecule has 0 spiro atoms. The van der Waals surface area contributed by atoms with Gasteiger partial charge in [-0.1, -0.05) is 12.1 Å². The molecule has 1 saturated carbocycles. The third-order valence-electron chi connectivity index (χ3n) is 2.64. The van der Waals surface area contributed by atoms with Crippen LogP contribution in [0.25, 0.3) is 0 Å². The minimum absolute atomic E-state index is 0.212. The zero-order valence-electron chi connectivity index (χ0n) is 9.28. The van der Waals surface area contributed by atoms with Gasteiger partial charge in [-0.2, -0.15) is 0 Å². The van der Waals surface area contributed by atoms with Gasteiger partial charge in [0.1, 0.15) is 5.75 Å². The summed E-state index contributed by atoms with van der Waals surface area (Å²) in [5.74, 6) is 1.79. The van der Waals surface area contributed by atoms with Gasteiger partial charge in [0.05, 0.1) is 6.61 Å². The predicted molar refractivity (Wildman–Crippen MR) is 62.0 cm³/mol. The normalized spacial score (nSPS) is 17.5. The van der Waals surface area contributed by atoms with E-state index in [0.29, 0.717) is 0 Å². The molecule has 1 aliphatic rings. The van der Waals surface area contributed by atoms with Crippen LogP contribution >= 0.6 is 0 Å². The first-order valence-electron chi connectivity index (χ1n) is 5.71. The lowest BCUT2D eigenvalue weighted by molar-refractivity contribution is 0.299. The molecule has 0 aliphatic heterocycles. The van der Waals surface area contributed by atoms with Crippen molar-refractivity contribution < 1.29 is 4.74 Å². The van der Waals surface area contributed by atoms with Gasteiger partial charge in [0, 0.05) is 6.04 Å². The second-order valence-corrected chi connectivity index (χ2v) is 4.58. The number of rotatable bonds is 5. The Morgan fingerprint density at radius 1 is 1.47 bits per heavy atom. The van der Waals surface area contributed by atoms with Gasteiger partial charge in [-0.25, -0.2) is 0 Å². The molecule has 15 heavy (non-hydrogen) atoms. The van der Waals surface area contributed by atoms with Crippen LogP contribution in [0.2, 0.25) is 0 Å². The molecular formula is C13H19NO. The average Bonchev–Trinajstić information content (AvgIpc) is 2.97. The molecule has 0 saturated heterocycles. The van der Waals surface area contributed by atoms with Crippen molar-refractivity contribution >= 4 is 0 Å². The summed E-state index contributed by atoms with van der Waals surface area (Å²) in [7, 11) is 0. The summed E-state index contributed by atoms with van der Waals surface area (Å²) in [5.41, 5.74) is 7.03. The molecule has 1 aliphatic carbocycles. The molecule has 1 aromatic rings. The summed E-state index contributed by atoms with van der Waals surface area (Å²) in [6.07, 6.45) is 3.58. The molecule has 1 atom stereocenters. The highest BCUT2D eigenvalue weighted by atomic mass is 16.5. The van der Waals surface area contributed by atoms with Crippen LogP contribution in [0.1, 0.15) is 25.3 Å². The largest absolute Gasteiger partial charge is 0.493 e. The van der Waals surface area contributed by atoms with Crippen LogP contribution in [0.3, 0.4) is 0 Å². The smallest absolute Gasteiger partial charge is 0.119 e.